The Labute approximate surface area is 157 Å². The molecule has 1 aliphatic heterocycles. The molecule has 2 heterocycles. The first-order valence-corrected chi connectivity index (χ1v) is 9.84. The van der Waals surface area contributed by atoms with E-state index < -0.39 is 0 Å². The number of fused-ring (bicyclic) bond motifs is 1. The molecule has 0 bridgehead atoms. The third-order valence-corrected chi connectivity index (χ3v) is 6.15. The molecular formula is C20H22N2O3S. The average molecular weight is 370 g/mol. The molecule has 0 unspecified atom stereocenters. The van der Waals surface area contributed by atoms with Gasteiger partial charge < -0.3 is 15.0 Å². The van der Waals surface area contributed by atoms with Crippen LogP contribution in [0.2, 0.25) is 0 Å². The van der Waals surface area contributed by atoms with E-state index in [-0.39, 0.29) is 11.8 Å². The first-order chi connectivity index (χ1) is 12.6. The highest BCUT2D eigenvalue weighted by Gasteiger charge is 2.30. The first-order valence-electron chi connectivity index (χ1n) is 9.03. The Morgan fingerprint density at radius 2 is 2.00 bits per heavy atom. The first kappa shape index (κ1) is 17.2. The van der Waals surface area contributed by atoms with Crippen molar-refractivity contribution in [1.82, 2.24) is 4.90 Å². The summed E-state index contributed by atoms with van der Waals surface area (Å²) in [6.45, 7) is 4.32. The molecule has 2 amide bonds. The third-order valence-electron chi connectivity index (χ3n) is 4.94. The molecule has 6 heteroatoms. The lowest BCUT2D eigenvalue weighted by Crippen LogP contribution is -2.41. The van der Waals surface area contributed by atoms with E-state index in [1.54, 1.807) is 17.4 Å². The number of carbonyl (C=O) groups excluding carboxylic acids is 2. The Kier molecular flexibility index (Phi) is 4.78. The van der Waals surface area contributed by atoms with E-state index in [0.717, 1.165) is 30.4 Å². The molecular weight excluding hydrogens is 348 g/mol. The van der Waals surface area contributed by atoms with Crippen LogP contribution in [0.3, 0.4) is 0 Å². The molecule has 0 atom stereocenters. The largest absolute Gasteiger partial charge is 0.378 e. The molecule has 1 aromatic carbocycles. The molecule has 0 saturated carbocycles. The Hall–Kier alpha value is -2.18. The van der Waals surface area contributed by atoms with Gasteiger partial charge in [-0.1, -0.05) is 17.7 Å². The van der Waals surface area contributed by atoms with Gasteiger partial charge in [0.25, 0.3) is 11.8 Å². The lowest BCUT2D eigenvalue weighted by Gasteiger charge is -2.27. The normalized spacial score (nSPS) is 16.4. The van der Waals surface area contributed by atoms with Gasteiger partial charge in [-0.05, 0) is 43.9 Å². The van der Waals surface area contributed by atoms with E-state index in [4.69, 9.17) is 4.74 Å². The fourth-order valence-electron chi connectivity index (χ4n) is 3.60. The predicted molar refractivity (Wildman–Crippen MR) is 102 cm³/mol. The number of rotatable bonds is 3. The van der Waals surface area contributed by atoms with Crippen molar-refractivity contribution in [2.24, 2.45) is 0 Å². The number of aryl methyl sites for hydroxylation is 2. The monoisotopic (exact) mass is 370 g/mol. The Balaban J connectivity index is 1.64. The third kappa shape index (κ3) is 3.27. The van der Waals surface area contributed by atoms with Gasteiger partial charge in [-0.3, -0.25) is 9.59 Å². The van der Waals surface area contributed by atoms with Gasteiger partial charge in [0.15, 0.2) is 0 Å². The highest BCUT2D eigenvalue weighted by molar-refractivity contribution is 7.17. The zero-order chi connectivity index (χ0) is 18.1. The van der Waals surface area contributed by atoms with E-state index in [1.807, 2.05) is 30.0 Å². The lowest BCUT2D eigenvalue weighted by atomic mass is 10.1. The van der Waals surface area contributed by atoms with Crippen molar-refractivity contribution >= 4 is 28.2 Å². The zero-order valence-electron chi connectivity index (χ0n) is 14.8. The fourth-order valence-corrected chi connectivity index (χ4v) is 4.88. The maximum absolute atomic E-state index is 13.1. The number of morpholine rings is 1. The van der Waals surface area contributed by atoms with Crippen molar-refractivity contribution in [3.63, 3.8) is 0 Å². The summed E-state index contributed by atoms with van der Waals surface area (Å²) in [5.74, 6) is -0.142. The number of hydrogen-bond acceptors (Lipinski definition) is 4. The SMILES string of the molecule is Cc1cccc(C(=O)Nc2sc3c(c2C(=O)N2CCOCC2)CCC3)c1. The van der Waals surface area contributed by atoms with Gasteiger partial charge in [-0.15, -0.1) is 11.3 Å². The smallest absolute Gasteiger partial charge is 0.257 e. The van der Waals surface area contributed by atoms with Crippen LogP contribution in [0.1, 0.15) is 43.1 Å². The molecule has 136 valence electrons. The molecule has 4 rings (SSSR count). The van der Waals surface area contributed by atoms with E-state index in [0.29, 0.717) is 42.4 Å². The number of benzene rings is 1. The average Bonchev–Trinajstić information content (AvgIpc) is 3.22. The van der Waals surface area contributed by atoms with E-state index >= 15 is 0 Å². The summed E-state index contributed by atoms with van der Waals surface area (Å²) in [4.78, 5) is 28.9. The second kappa shape index (κ2) is 7.21. The van der Waals surface area contributed by atoms with Crippen LogP contribution in [-0.2, 0) is 17.6 Å². The molecule has 2 aromatic rings. The Morgan fingerprint density at radius 3 is 2.77 bits per heavy atom. The van der Waals surface area contributed by atoms with Gasteiger partial charge in [0.2, 0.25) is 0 Å². The molecule has 5 nitrogen and oxygen atoms in total. The minimum absolute atomic E-state index is 0.0206. The summed E-state index contributed by atoms with van der Waals surface area (Å²) in [6, 6.07) is 7.50. The van der Waals surface area contributed by atoms with E-state index in [1.165, 1.54) is 4.88 Å². The molecule has 1 aliphatic carbocycles. The van der Waals surface area contributed by atoms with Crippen molar-refractivity contribution in [3.05, 3.63) is 51.4 Å². The number of hydrogen-bond donors (Lipinski definition) is 1. The topological polar surface area (TPSA) is 58.6 Å². The van der Waals surface area contributed by atoms with Gasteiger partial charge in [0.05, 0.1) is 18.8 Å². The van der Waals surface area contributed by atoms with Crippen LogP contribution in [0.25, 0.3) is 0 Å². The minimum atomic E-state index is -0.162. The molecule has 0 spiro atoms. The fraction of sp³-hybridized carbons (Fsp3) is 0.400. The summed E-state index contributed by atoms with van der Waals surface area (Å²) in [7, 11) is 0. The van der Waals surface area contributed by atoms with Crippen LogP contribution >= 0.6 is 11.3 Å². The minimum Gasteiger partial charge on any atom is -0.378 e. The van der Waals surface area contributed by atoms with E-state index in [2.05, 4.69) is 5.32 Å². The second-order valence-electron chi connectivity index (χ2n) is 6.79. The lowest BCUT2D eigenvalue weighted by molar-refractivity contribution is 0.0303. The zero-order valence-corrected chi connectivity index (χ0v) is 15.7. The number of nitrogens with zero attached hydrogens (tertiary/aromatic N) is 1. The van der Waals surface area contributed by atoms with E-state index in [9.17, 15) is 9.59 Å². The number of thiophene rings is 1. The summed E-state index contributed by atoms with van der Waals surface area (Å²) in [5.41, 5.74) is 3.48. The van der Waals surface area contributed by atoms with Gasteiger partial charge >= 0.3 is 0 Å². The number of carbonyl (C=O) groups is 2. The van der Waals surface area contributed by atoms with Gasteiger partial charge in [0, 0.05) is 23.5 Å². The molecule has 26 heavy (non-hydrogen) atoms. The van der Waals surface area contributed by atoms with Crippen molar-refractivity contribution in [1.29, 1.82) is 0 Å². The summed E-state index contributed by atoms with van der Waals surface area (Å²) < 4.78 is 5.36. The standard InChI is InChI=1S/C20H22N2O3S/c1-13-4-2-5-14(12-13)18(23)21-19-17(15-6-3-7-16(15)26-19)20(24)22-8-10-25-11-9-22/h2,4-5,12H,3,6-11H2,1H3,(H,21,23). The molecule has 1 saturated heterocycles. The van der Waals surface area contributed by atoms with Gasteiger partial charge in [-0.2, -0.15) is 0 Å². The number of ether oxygens (including phenoxy) is 1. The summed E-state index contributed by atoms with van der Waals surface area (Å²) in [6.07, 6.45) is 2.98. The molecule has 2 aliphatic rings. The quantitative estimate of drug-likeness (QED) is 0.902. The maximum Gasteiger partial charge on any atom is 0.257 e. The number of nitrogens with one attached hydrogen (secondary N) is 1. The van der Waals surface area contributed by atoms with Gasteiger partial charge in [-0.25, -0.2) is 0 Å². The van der Waals surface area contributed by atoms with Crippen molar-refractivity contribution in [2.75, 3.05) is 31.6 Å². The molecule has 1 aromatic heterocycles. The van der Waals surface area contributed by atoms with Gasteiger partial charge in [0.1, 0.15) is 5.00 Å². The highest BCUT2D eigenvalue weighted by atomic mass is 32.1. The number of amides is 2. The number of anilines is 1. The van der Waals surface area contributed by atoms with Crippen LogP contribution in [-0.4, -0.2) is 43.0 Å². The van der Waals surface area contributed by atoms with Crippen LogP contribution in [0.5, 0.6) is 0 Å². The highest BCUT2D eigenvalue weighted by Crippen LogP contribution is 2.40. The summed E-state index contributed by atoms with van der Waals surface area (Å²) >= 11 is 1.56. The van der Waals surface area contributed by atoms with Crippen LogP contribution in [0, 0.1) is 6.92 Å². The molecule has 1 fully saturated rings. The van der Waals surface area contributed by atoms with Crippen LogP contribution in [0.15, 0.2) is 24.3 Å². The second-order valence-corrected chi connectivity index (χ2v) is 7.89. The van der Waals surface area contributed by atoms with Crippen molar-refractivity contribution < 1.29 is 14.3 Å². The summed E-state index contributed by atoms with van der Waals surface area (Å²) in [5, 5.41) is 3.70. The predicted octanol–water partition coefficient (Wildman–Crippen LogP) is 3.27. The van der Waals surface area contributed by atoms with Crippen molar-refractivity contribution in [3.8, 4) is 0 Å². The molecule has 0 radical (unpaired) electrons. The van der Waals surface area contributed by atoms with Crippen molar-refractivity contribution in [2.45, 2.75) is 26.2 Å². The Bertz CT molecular complexity index is 853. The maximum atomic E-state index is 13.1. The Morgan fingerprint density at radius 1 is 1.19 bits per heavy atom. The van der Waals surface area contributed by atoms with Crippen LogP contribution < -0.4 is 5.32 Å². The van der Waals surface area contributed by atoms with Crippen LogP contribution in [0.4, 0.5) is 5.00 Å². The molecule has 1 N–H and O–H groups in total.